The molecule has 94 valence electrons. The fourth-order valence-electron chi connectivity index (χ4n) is 1.00. The first-order valence-corrected chi connectivity index (χ1v) is 4.74. The van der Waals surface area contributed by atoms with Crippen molar-refractivity contribution in [2.75, 3.05) is 0 Å². The molecular formula is C9H17NO6. The fourth-order valence-corrected chi connectivity index (χ4v) is 1.00. The van der Waals surface area contributed by atoms with Crippen LogP contribution in [0.3, 0.4) is 0 Å². The molecule has 0 aliphatic carbocycles. The van der Waals surface area contributed by atoms with Crippen LogP contribution in [-0.4, -0.2) is 51.4 Å². The predicted octanol–water partition coefficient (Wildman–Crippen LogP) is -1.89. The highest BCUT2D eigenvalue weighted by molar-refractivity contribution is 5.81. The summed E-state index contributed by atoms with van der Waals surface area (Å²) in [6.45, 7) is 3.54. The molecule has 0 aromatic rings. The van der Waals surface area contributed by atoms with Crippen molar-refractivity contribution >= 4 is 11.7 Å². The van der Waals surface area contributed by atoms with Crippen molar-refractivity contribution in [3.63, 3.8) is 0 Å². The lowest BCUT2D eigenvalue weighted by Crippen LogP contribution is -2.49. The highest BCUT2D eigenvalue weighted by Crippen LogP contribution is 2.08. The Morgan fingerprint density at radius 3 is 1.94 bits per heavy atom. The van der Waals surface area contributed by atoms with Gasteiger partial charge in [-0.3, -0.25) is 14.4 Å². The van der Waals surface area contributed by atoms with Gasteiger partial charge in [0, 0.05) is 6.92 Å². The number of carbonyl (C=O) groups is 2. The average molecular weight is 235 g/mol. The van der Waals surface area contributed by atoms with Crippen molar-refractivity contribution in [2.45, 2.75) is 45.2 Å². The molecule has 0 saturated carbocycles. The van der Waals surface area contributed by atoms with Crippen molar-refractivity contribution in [3.05, 3.63) is 0 Å². The van der Waals surface area contributed by atoms with Crippen LogP contribution in [0.4, 0.5) is 0 Å². The Kier molecular flexibility index (Phi) is 6.12. The molecule has 0 spiro atoms. The topological polar surface area (TPSA) is 116 Å². The van der Waals surface area contributed by atoms with E-state index >= 15 is 0 Å². The number of aliphatic hydroxyl groups is 3. The van der Waals surface area contributed by atoms with Crippen molar-refractivity contribution in [1.29, 1.82) is 0 Å². The lowest BCUT2D eigenvalue weighted by atomic mass is 10.0. The van der Waals surface area contributed by atoms with Crippen molar-refractivity contribution in [1.82, 2.24) is 5.48 Å². The van der Waals surface area contributed by atoms with E-state index in [-0.39, 0.29) is 0 Å². The molecule has 0 aromatic heterocycles. The minimum absolute atomic E-state index is 0.551. The second-order valence-corrected chi connectivity index (χ2v) is 3.53. The summed E-state index contributed by atoms with van der Waals surface area (Å²) in [5.74, 6) is -1.13. The summed E-state index contributed by atoms with van der Waals surface area (Å²) in [5.41, 5.74) is 1.89. The van der Waals surface area contributed by atoms with E-state index in [1.807, 2.05) is 5.48 Å². The van der Waals surface area contributed by atoms with Crippen molar-refractivity contribution in [3.8, 4) is 0 Å². The van der Waals surface area contributed by atoms with Crippen LogP contribution in [0.1, 0.15) is 20.8 Å². The zero-order chi connectivity index (χ0) is 12.9. The van der Waals surface area contributed by atoms with Crippen LogP contribution in [0, 0.1) is 0 Å². The number of Topliss-reactive ketones (excluding diaryl/α,β-unsaturated/α-hetero) is 1. The molecule has 0 bridgehead atoms. The van der Waals surface area contributed by atoms with Crippen LogP contribution in [0.5, 0.6) is 0 Å². The van der Waals surface area contributed by atoms with E-state index < -0.39 is 36.1 Å². The van der Waals surface area contributed by atoms with Crippen LogP contribution >= 0.6 is 0 Å². The third kappa shape index (κ3) is 4.67. The Hall–Kier alpha value is -1.02. The molecule has 7 heteroatoms. The van der Waals surface area contributed by atoms with Crippen LogP contribution in [-0.2, 0) is 14.4 Å². The average Bonchev–Trinajstić information content (AvgIpc) is 2.15. The van der Waals surface area contributed by atoms with E-state index in [0.29, 0.717) is 0 Å². The van der Waals surface area contributed by atoms with Gasteiger partial charge in [-0.25, -0.2) is 5.48 Å². The number of rotatable bonds is 6. The molecule has 0 radical (unpaired) electrons. The monoisotopic (exact) mass is 235 g/mol. The summed E-state index contributed by atoms with van der Waals surface area (Å²) in [7, 11) is 0. The van der Waals surface area contributed by atoms with Crippen LogP contribution in [0.15, 0.2) is 0 Å². The first-order valence-electron chi connectivity index (χ1n) is 4.74. The molecule has 0 saturated heterocycles. The van der Waals surface area contributed by atoms with Gasteiger partial charge >= 0.3 is 0 Å². The number of carbonyl (C=O) groups excluding carboxylic acids is 2. The van der Waals surface area contributed by atoms with Gasteiger partial charge < -0.3 is 15.3 Å². The van der Waals surface area contributed by atoms with E-state index in [2.05, 4.69) is 4.84 Å². The largest absolute Gasteiger partial charge is 0.391 e. The number of ketones is 1. The third-order valence-electron chi connectivity index (χ3n) is 1.88. The Labute approximate surface area is 93.0 Å². The van der Waals surface area contributed by atoms with Gasteiger partial charge in [0.2, 0.25) is 5.91 Å². The van der Waals surface area contributed by atoms with Crippen LogP contribution in [0.2, 0.25) is 0 Å². The molecule has 0 heterocycles. The van der Waals surface area contributed by atoms with E-state index in [1.165, 1.54) is 6.92 Å². The third-order valence-corrected chi connectivity index (χ3v) is 1.88. The van der Waals surface area contributed by atoms with Crippen LogP contribution in [0.25, 0.3) is 0 Å². The van der Waals surface area contributed by atoms with E-state index in [0.717, 1.165) is 13.8 Å². The molecule has 1 amide bonds. The first-order chi connectivity index (χ1) is 7.27. The Morgan fingerprint density at radius 1 is 1.12 bits per heavy atom. The maximum atomic E-state index is 11.1. The van der Waals surface area contributed by atoms with Gasteiger partial charge in [-0.1, -0.05) is 0 Å². The second-order valence-electron chi connectivity index (χ2n) is 3.53. The Balaban J connectivity index is 4.52. The second kappa shape index (κ2) is 6.54. The van der Waals surface area contributed by atoms with Gasteiger partial charge in [0.15, 0.2) is 11.9 Å². The lowest BCUT2D eigenvalue weighted by molar-refractivity contribution is -0.168. The van der Waals surface area contributed by atoms with Crippen molar-refractivity contribution < 1.29 is 29.7 Å². The first kappa shape index (κ1) is 15.0. The summed E-state index contributed by atoms with van der Waals surface area (Å²) in [6, 6.07) is 0. The quantitative estimate of drug-likeness (QED) is 0.400. The van der Waals surface area contributed by atoms with Crippen molar-refractivity contribution in [2.24, 2.45) is 0 Å². The molecule has 1 unspecified atom stereocenters. The standard InChI is InChI=1S/C9H17NO6/c1-4(11)7(14)8(15)9(5(2)12)16-10-6(3)13/h4,7-9,11,14-15H,1-3H3,(H,10,13)/t4-,7-,8+,9?/m1/s1. The number of hydrogen-bond acceptors (Lipinski definition) is 6. The number of nitrogens with one attached hydrogen (secondary N) is 1. The normalized spacial score (nSPS) is 18.4. The summed E-state index contributed by atoms with van der Waals surface area (Å²) in [4.78, 5) is 26.3. The minimum Gasteiger partial charge on any atom is -0.391 e. The molecule has 0 aliphatic rings. The van der Waals surface area contributed by atoms with Gasteiger partial charge in [0.1, 0.15) is 12.2 Å². The molecule has 16 heavy (non-hydrogen) atoms. The fraction of sp³-hybridized carbons (Fsp3) is 0.778. The highest BCUT2D eigenvalue weighted by Gasteiger charge is 2.33. The smallest absolute Gasteiger partial charge is 0.240 e. The summed E-state index contributed by atoms with van der Waals surface area (Å²) >= 11 is 0. The maximum Gasteiger partial charge on any atom is 0.240 e. The molecule has 0 rings (SSSR count). The molecular weight excluding hydrogens is 218 g/mol. The van der Waals surface area contributed by atoms with Crippen LogP contribution < -0.4 is 5.48 Å². The molecule has 0 fully saturated rings. The summed E-state index contributed by atoms with van der Waals surface area (Å²) in [6.07, 6.45) is -5.81. The zero-order valence-electron chi connectivity index (χ0n) is 9.38. The van der Waals surface area contributed by atoms with Gasteiger partial charge in [0.25, 0.3) is 0 Å². The molecule has 7 nitrogen and oxygen atoms in total. The van der Waals surface area contributed by atoms with Gasteiger partial charge in [0.05, 0.1) is 6.10 Å². The van der Waals surface area contributed by atoms with Gasteiger partial charge in [-0.15, -0.1) is 0 Å². The molecule has 0 aromatic carbocycles. The SMILES string of the molecule is CC(=O)NOC(C(C)=O)[C@@H](O)[C@H](O)[C@@H](C)O. The molecule has 4 atom stereocenters. The lowest BCUT2D eigenvalue weighted by Gasteiger charge is -2.25. The number of aliphatic hydroxyl groups excluding tert-OH is 3. The zero-order valence-corrected chi connectivity index (χ0v) is 9.38. The Morgan fingerprint density at radius 2 is 1.62 bits per heavy atom. The number of hydrogen-bond donors (Lipinski definition) is 4. The Bertz CT molecular complexity index is 254. The number of hydroxylamine groups is 1. The van der Waals surface area contributed by atoms with Gasteiger partial charge in [-0.2, -0.15) is 0 Å². The molecule has 4 N–H and O–H groups in total. The van der Waals surface area contributed by atoms with E-state index in [4.69, 9.17) is 5.11 Å². The highest BCUT2D eigenvalue weighted by atomic mass is 16.7. The van der Waals surface area contributed by atoms with Gasteiger partial charge in [-0.05, 0) is 13.8 Å². The number of amides is 1. The van der Waals surface area contributed by atoms with E-state index in [9.17, 15) is 19.8 Å². The summed E-state index contributed by atoms with van der Waals surface area (Å²) in [5, 5.41) is 27.9. The molecule has 0 aliphatic heterocycles. The maximum absolute atomic E-state index is 11.1. The van der Waals surface area contributed by atoms with E-state index in [1.54, 1.807) is 0 Å². The minimum atomic E-state index is -1.62. The predicted molar refractivity (Wildman–Crippen MR) is 53.1 cm³/mol. The summed E-state index contributed by atoms with van der Waals surface area (Å²) < 4.78 is 0.